The van der Waals surface area contributed by atoms with Crippen molar-refractivity contribution in [1.82, 2.24) is 14.9 Å². The SMILES string of the molecule is COc1nccc(N2CCC3(CCC(=O)N(Cc4ccccn4)C3)CC2)c1C#N. The van der Waals surface area contributed by atoms with E-state index in [1.807, 2.05) is 29.2 Å². The van der Waals surface area contributed by atoms with Gasteiger partial charge >= 0.3 is 0 Å². The van der Waals surface area contributed by atoms with Crippen LogP contribution in [0.5, 0.6) is 5.88 Å². The molecular weight excluding hydrogens is 366 g/mol. The molecule has 0 atom stereocenters. The summed E-state index contributed by atoms with van der Waals surface area (Å²) in [5, 5.41) is 9.56. The van der Waals surface area contributed by atoms with Crippen molar-refractivity contribution in [2.45, 2.75) is 32.2 Å². The first-order valence-electron chi connectivity index (χ1n) is 10.00. The zero-order valence-corrected chi connectivity index (χ0v) is 16.7. The maximum absolute atomic E-state index is 12.5. The van der Waals surface area contributed by atoms with Crippen molar-refractivity contribution >= 4 is 11.6 Å². The third-order valence-electron chi connectivity index (χ3n) is 6.19. The normalized spacial score (nSPS) is 18.6. The number of anilines is 1. The Labute approximate surface area is 170 Å². The van der Waals surface area contributed by atoms with Crippen LogP contribution in [0, 0.1) is 16.7 Å². The van der Waals surface area contributed by atoms with Crippen molar-refractivity contribution < 1.29 is 9.53 Å². The van der Waals surface area contributed by atoms with Gasteiger partial charge in [0.15, 0.2) is 0 Å². The summed E-state index contributed by atoms with van der Waals surface area (Å²) in [5.74, 6) is 0.587. The molecule has 7 nitrogen and oxygen atoms in total. The number of methoxy groups -OCH3 is 1. The van der Waals surface area contributed by atoms with E-state index in [0.717, 1.165) is 50.3 Å². The monoisotopic (exact) mass is 391 g/mol. The Hall–Kier alpha value is -3.14. The van der Waals surface area contributed by atoms with E-state index in [2.05, 4.69) is 20.9 Å². The second kappa shape index (κ2) is 8.08. The van der Waals surface area contributed by atoms with E-state index in [9.17, 15) is 10.1 Å². The number of aromatic nitrogens is 2. The third-order valence-corrected chi connectivity index (χ3v) is 6.19. The lowest BCUT2D eigenvalue weighted by Crippen LogP contribution is -2.51. The summed E-state index contributed by atoms with van der Waals surface area (Å²) in [5.41, 5.74) is 2.44. The molecule has 0 aliphatic carbocycles. The maximum Gasteiger partial charge on any atom is 0.233 e. The molecule has 150 valence electrons. The molecule has 0 unspecified atom stereocenters. The molecular formula is C22H25N5O2. The van der Waals surface area contributed by atoms with Gasteiger partial charge in [-0.2, -0.15) is 5.26 Å². The van der Waals surface area contributed by atoms with E-state index in [-0.39, 0.29) is 11.3 Å². The average molecular weight is 391 g/mol. The maximum atomic E-state index is 12.5. The Bertz CT molecular complexity index is 917. The third kappa shape index (κ3) is 3.88. The minimum Gasteiger partial charge on any atom is -0.480 e. The van der Waals surface area contributed by atoms with E-state index in [1.165, 1.54) is 7.11 Å². The van der Waals surface area contributed by atoms with Gasteiger partial charge in [0.25, 0.3) is 0 Å². The highest BCUT2D eigenvalue weighted by molar-refractivity contribution is 5.77. The minimum atomic E-state index is 0.142. The van der Waals surface area contributed by atoms with E-state index in [4.69, 9.17) is 4.74 Å². The predicted molar refractivity (Wildman–Crippen MR) is 108 cm³/mol. The number of nitrogens with zero attached hydrogens (tertiary/aromatic N) is 5. The molecule has 1 spiro atoms. The van der Waals surface area contributed by atoms with E-state index in [1.54, 1.807) is 12.4 Å². The quantitative estimate of drug-likeness (QED) is 0.797. The zero-order valence-electron chi connectivity index (χ0n) is 16.7. The number of hydrogen-bond donors (Lipinski definition) is 0. The molecule has 29 heavy (non-hydrogen) atoms. The van der Waals surface area contributed by atoms with Crippen molar-refractivity contribution in [3.05, 3.63) is 47.9 Å². The fourth-order valence-electron chi connectivity index (χ4n) is 4.52. The Morgan fingerprint density at radius 3 is 2.69 bits per heavy atom. The number of likely N-dealkylation sites (tertiary alicyclic amines) is 1. The topological polar surface area (TPSA) is 82.3 Å². The number of piperidine rings is 2. The van der Waals surface area contributed by atoms with Crippen LogP contribution in [0.25, 0.3) is 0 Å². The van der Waals surface area contributed by atoms with Gasteiger partial charge < -0.3 is 14.5 Å². The van der Waals surface area contributed by atoms with Crippen molar-refractivity contribution in [2.75, 3.05) is 31.6 Å². The summed E-state index contributed by atoms with van der Waals surface area (Å²) in [7, 11) is 1.54. The predicted octanol–water partition coefficient (Wildman–Crippen LogP) is 2.77. The van der Waals surface area contributed by atoms with Crippen LogP contribution in [0.1, 0.15) is 36.9 Å². The van der Waals surface area contributed by atoms with Crippen LogP contribution in [-0.2, 0) is 11.3 Å². The van der Waals surface area contributed by atoms with Crippen LogP contribution in [0.4, 0.5) is 5.69 Å². The molecule has 7 heteroatoms. The van der Waals surface area contributed by atoms with Crippen molar-refractivity contribution in [2.24, 2.45) is 5.41 Å². The Balaban J connectivity index is 1.46. The second-order valence-corrected chi connectivity index (χ2v) is 7.88. The fraction of sp³-hybridized carbons (Fsp3) is 0.455. The van der Waals surface area contributed by atoms with Gasteiger partial charge in [-0.15, -0.1) is 0 Å². The first-order valence-corrected chi connectivity index (χ1v) is 10.00. The lowest BCUT2D eigenvalue weighted by molar-refractivity contribution is -0.139. The van der Waals surface area contributed by atoms with E-state index < -0.39 is 0 Å². The van der Waals surface area contributed by atoms with E-state index in [0.29, 0.717) is 24.4 Å². The minimum absolute atomic E-state index is 0.142. The summed E-state index contributed by atoms with van der Waals surface area (Å²) in [6.45, 7) is 3.06. The number of nitriles is 1. The van der Waals surface area contributed by atoms with Gasteiger partial charge in [0.1, 0.15) is 11.6 Å². The summed E-state index contributed by atoms with van der Waals surface area (Å²) in [4.78, 5) is 25.2. The van der Waals surface area contributed by atoms with Gasteiger partial charge in [-0.1, -0.05) is 6.07 Å². The van der Waals surface area contributed by atoms with E-state index >= 15 is 0 Å². The van der Waals surface area contributed by atoms with Crippen LogP contribution in [-0.4, -0.2) is 47.5 Å². The molecule has 2 fully saturated rings. The fourth-order valence-corrected chi connectivity index (χ4v) is 4.52. The Morgan fingerprint density at radius 2 is 2.00 bits per heavy atom. The first kappa shape index (κ1) is 19.2. The molecule has 2 aromatic heterocycles. The molecule has 0 aromatic carbocycles. The standard InChI is InChI=1S/C22H25N5O2/c1-29-21-18(14-23)19(6-11-25-21)26-12-8-22(9-13-26)7-5-20(28)27(16-22)15-17-4-2-3-10-24-17/h2-4,6,10-11H,5,7-9,12-13,15-16H2,1H3. The van der Waals surface area contributed by atoms with Crippen LogP contribution < -0.4 is 9.64 Å². The first-order chi connectivity index (χ1) is 14.1. The molecule has 2 saturated heterocycles. The van der Waals surface area contributed by atoms with Gasteiger partial charge in [-0.05, 0) is 42.9 Å². The number of hydrogen-bond acceptors (Lipinski definition) is 6. The van der Waals surface area contributed by atoms with Gasteiger partial charge in [-0.3, -0.25) is 9.78 Å². The van der Waals surface area contributed by atoms with Gasteiger partial charge in [0.05, 0.1) is 25.0 Å². The summed E-state index contributed by atoms with van der Waals surface area (Å²) in [6, 6.07) is 9.94. The van der Waals surface area contributed by atoms with Crippen LogP contribution in [0.3, 0.4) is 0 Å². The van der Waals surface area contributed by atoms with Crippen LogP contribution >= 0.6 is 0 Å². The molecule has 4 heterocycles. The average Bonchev–Trinajstić information content (AvgIpc) is 2.77. The van der Waals surface area contributed by atoms with Gasteiger partial charge in [0, 0.05) is 38.4 Å². The van der Waals surface area contributed by atoms with Gasteiger partial charge in [-0.25, -0.2) is 4.98 Å². The summed E-state index contributed by atoms with van der Waals surface area (Å²) < 4.78 is 5.25. The largest absolute Gasteiger partial charge is 0.480 e. The number of carbonyl (C=O) groups is 1. The molecule has 2 aliphatic rings. The molecule has 2 aliphatic heterocycles. The molecule has 0 radical (unpaired) electrons. The molecule has 2 aromatic rings. The Kier molecular flexibility index (Phi) is 5.34. The molecule has 1 amide bonds. The van der Waals surface area contributed by atoms with Crippen molar-refractivity contribution in [3.8, 4) is 11.9 Å². The number of ether oxygens (including phenoxy) is 1. The van der Waals surface area contributed by atoms with Crippen LogP contribution in [0.2, 0.25) is 0 Å². The lowest BCUT2D eigenvalue weighted by Gasteiger charge is -2.48. The molecule has 0 N–H and O–H groups in total. The summed E-state index contributed by atoms with van der Waals surface area (Å²) >= 11 is 0. The highest BCUT2D eigenvalue weighted by Crippen LogP contribution is 2.42. The summed E-state index contributed by atoms with van der Waals surface area (Å²) in [6.07, 6.45) is 6.98. The Morgan fingerprint density at radius 1 is 1.17 bits per heavy atom. The van der Waals surface area contributed by atoms with Crippen LogP contribution in [0.15, 0.2) is 36.7 Å². The zero-order chi connectivity index (χ0) is 20.3. The van der Waals surface area contributed by atoms with Gasteiger partial charge in [0.2, 0.25) is 11.8 Å². The highest BCUT2D eigenvalue weighted by Gasteiger charge is 2.41. The molecule has 0 saturated carbocycles. The number of amides is 1. The number of pyridine rings is 2. The molecule has 0 bridgehead atoms. The molecule has 4 rings (SSSR count). The number of carbonyl (C=O) groups excluding carboxylic acids is 1. The smallest absolute Gasteiger partial charge is 0.233 e. The second-order valence-electron chi connectivity index (χ2n) is 7.88. The lowest BCUT2D eigenvalue weighted by atomic mass is 9.72. The number of rotatable bonds is 4. The highest BCUT2D eigenvalue weighted by atomic mass is 16.5. The van der Waals surface area contributed by atoms with Crippen molar-refractivity contribution in [1.29, 1.82) is 5.26 Å². The van der Waals surface area contributed by atoms with Crippen molar-refractivity contribution in [3.63, 3.8) is 0 Å².